The van der Waals surface area contributed by atoms with Crippen LogP contribution in [0.15, 0.2) is 52.7 Å². The van der Waals surface area contributed by atoms with E-state index in [9.17, 15) is 0 Å². The average Bonchev–Trinajstić information content (AvgIpc) is 2.40. The Morgan fingerprint density at radius 3 is 2.53 bits per heavy atom. The second-order valence-corrected chi connectivity index (χ2v) is 5.77. The molecule has 0 bridgehead atoms. The van der Waals surface area contributed by atoms with Gasteiger partial charge in [0.15, 0.2) is 0 Å². The molecule has 0 radical (unpaired) electrons. The summed E-state index contributed by atoms with van der Waals surface area (Å²) < 4.78 is 1.01. The predicted molar refractivity (Wildman–Crippen MR) is 87.2 cm³/mol. The van der Waals surface area contributed by atoms with Crippen molar-refractivity contribution in [2.45, 2.75) is 6.42 Å². The van der Waals surface area contributed by atoms with Crippen molar-refractivity contribution in [2.24, 2.45) is 11.7 Å². The number of nitrogens with zero attached hydrogens (tertiary/aromatic N) is 1. The van der Waals surface area contributed by atoms with E-state index in [1.807, 2.05) is 14.1 Å². The van der Waals surface area contributed by atoms with Crippen molar-refractivity contribution < 1.29 is 0 Å². The molecule has 0 heterocycles. The van der Waals surface area contributed by atoms with Gasteiger partial charge in [-0.1, -0.05) is 36.4 Å². The number of hydrogen-bond acceptors (Lipinski definition) is 2. The molecule has 1 atom stereocenters. The fourth-order valence-electron chi connectivity index (χ4n) is 1.99. The van der Waals surface area contributed by atoms with Crippen LogP contribution in [0, 0.1) is 5.92 Å². The van der Waals surface area contributed by atoms with E-state index in [0.717, 1.165) is 16.6 Å². The molecule has 1 aliphatic carbocycles. The Hall–Kier alpha value is -1.48. The highest BCUT2D eigenvalue weighted by Gasteiger charge is 2.08. The third kappa shape index (κ3) is 3.74. The largest absolute Gasteiger partial charge is 0.398 e. The van der Waals surface area contributed by atoms with Crippen LogP contribution in [-0.4, -0.2) is 14.1 Å². The lowest BCUT2D eigenvalue weighted by atomic mass is 9.98. The van der Waals surface area contributed by atoms with Gasteiger partial charge in [0, 0.05) is 35.9 Å². The van der Waals surface area contributed by atoms with Gasteiger partial charge < -0.3 is 10.6 Å². The summed E-state index contributed by atoms with van der Waals surface area (Å²) in [4.78, 5) is 2.10. The molecule has 100 valence electrons. The minimum atomic E-state index is 0.384. The Labute approximate surface area is 123 Å². The van der Waals surface area contributed by atoms with Crippen molar-refractivity contribution in [1.29, 1.82) is 0 Å². The number of nitrogens with two attached hydrogens (primary N) is 1. The van der Waals surface area contributed by atoms with E-state index in [4.69, 9.17) is 5.73 Å². The molecular weight excluding hydrogens is 300 g/mol. The number of anilines is 1. The summed E-state index contributed by atoms with van der Waals surface area (Å²) >= 11 is 3.44. The van der Waals surface area contributed by atoms with E-state index in [1.165, 1.54) is 11.3 Å². The Bertz CT molecular complexity index is 524. The van der Waals surface area contributed by atoms with Crippen LogP contribution in [0.2, 0.25) is 0 Å². The molecule has 0 amide bonds. The SMILES string of the molecule is CN(C)c1ccc(/C=C/[C@H]2C=C(N)C(Br)=CC2)cc1. The fourth-order valence-corrected chi connectivity index (χ4v) is 2.31. The van der Waals surface area contributed by atoms with Gasteiger partial charge in [-0.3, -0.25) is 0 Å². The summed E-state index contributed by atoms with van der Waals surface area (Å²) in [6.07, 6.45) is 9.57. The number of allylic oxidation sites excluding steroid dienone is 4. The number of halogens is 1. The van der Waals surface area contributed by atoms with Crippen molar-refractivity contribution in [3.05, 3.63) is 58.2 Å². The van der Waals surface area contributed by atoms with Crippen LogP contribution >= 0.6 is 15.9 Å². The molecule has 2 N–H and O–H groups in total. The Kier molecular flexibility index (Phi) is 4.48. The monoisotopic (exact) mass is 318 g/mol. The van der Waals surface area contributed by atoms with E-state index in [1.54, 1.807) is 0 Å². The predicted octanol–water partition coefficient (Wildman–Crippen LogP) is 3.91. The molecular formula is C16H19BrN2. The van der Waals surface area contributed by atoms with Crippen LogP contribution in [0.1, 0.15) is 12.0 Å². The first kappa shape index (κ1) is 13.9. The topological polar surface area (TPSA) is 29.3 Å². The molecule has 1 aromatic carbocycles. The molecule has 1 aliphatic rings. The zero-order chi connectivity index (χ0) is 13.8. The van der Waals surface area contributed by atoms with Crippen molar-refractivity contribution >= 4 is 27.7 Å². The maximum absolute atomic E-state index is 5.90. The second-order valence-electron chi connectivity index (χ2n) is 4.92. The summed E-state index contributed by atoms with van der Waals surface area (Å²) in [6, 6.07) is 8.52. The van der Waals surface area contributed by atoms with Crippen molar-refractivity contribution in [3.8, 4) is 0 Å². The standard InChI is InChI=1S/C16H19BrN2/c1-19(2)14-8-5-12(6-9-14)3-4-13-7-10-15(17)16(18)11-13/h3-6,8-11,13H,7,18H2,1-2H3/b4-3+/t13-/m1/s1. The molecule has 0 aliphatic heterocycles. The van der Waals surface area contributed by atoms with Crippen LogP contribution < -0.4 is 10.6 Å². The normalized spacial score (nSPS) is 19.2. The Morgan fingerprint density at radius 2 is 1.95 bits per heavy atom. The molecule has 0 saturated heterocycles. The summed E-state index contributed by atoms with van der Waals surface area (Å²) in [5.41, 5.74) is 9.15. The van der Waals surface area contributed by atoms with Gasteiger partial charge in [0.25, 0.3) is 0 Å². The molecule has 3 heteroatoms. The molecule has 19 heavy (non-hydrogen) atoms. The quantitative estimate of drug-likeness (QED) is 0.915. The minimum absolute atomic E-state index is 0.384. The van der Waals surface area contributed by atoms with E-state index < -0.39 is 0 Å². The maximum atomic E-state index is 5.90. The lowest BCUT2D eigenvalue weighted by Gasteiger charge is -2.14. The van der Waals surface area contributed by atoms with E-state index in [2.05, 4.69) is 69.4 Å². The fraction of sp³-hybridized carbons (Fsp3) is 0.250. The lowest BCUT2D eigenvalue weighted by molar-refractivity contribution is 0.811. The van der Waals surface area contributed by atoms with Gasteiger partial charge in [0.2, 0.25) is 0 Å². The first-order chi connectivity index (χ1) is 9.06. The molecule has 0 unspecified atom stereocenters. The molecule has 0 aromatic heterocycles. The van der Waals surface area contributed by atoms with Crippen LogP contribution in [0.5, 0.6) is 0 Å². The molecule has 1 aromatic rings. The van der Waals surface area contributed by atoms with Gasteiger partial charge in [0.05, 0.1) is 0 Å². The van der Waals surface area contributed by atoms with Gasteiger partial charge in [-0.25, -0.2) is 0 Å². The molecule has 2 rings (SSSR count). The van der Waals surface area contributed by atoms with Crippen molar-refractivity contribution in [1.82, 2.24) is 0 Å². The molecule has 0 spiro atoms. The van der Waals surface area contributed by atoms with E-state index in [-0.39, 0.29) is 0 Å². The van der Waals surface area contributed by atoms with Gasteiger partial charge in [-0.05, 0) is 40.0 Å². The zero-order valence-electron chi connectivity index (χ0n) is 11.3. The Morgan fingerprint density at radius 1 is 1.26 bits per heavy atom. The van der Waals surface area contributed by atoms with Crippen molar-refractivity contribution in [2.75, 3.05) is 19.0 Å². The first-order valence-electron chi connectivity index (χ1n) is 6.35. The van der Waals surface area contributed by atoms with Crippen LogP contribution in [-0.2, 0) is 0 Å². The lowest BCUT2D eigenvalue weighted by Crippen LogP contribution is -2.08. The minimum Gasteiger partial charge on any atom is -0.398 e. The highest BCUT2D eigenvalue weighted by molar-refractivity contribution is 9.12. The van der Waals surface area contributed by atoms with Gasteiger partial charge >= 0.3 is 0 Å². The summed E-state index contributed by atoms with van der Waals surface area (Å²) in [7, 11) is 4.09. The van der Waals surface area contributed by atoms with Gasteiger partial charge in [-0.15, -0.1) is 0 Å². The number of rotatable bonds is 3. The van der Waals surface area contributed by atoms with Crippen molar-refractivity contribution in [3.63, 3.8) is 0 Å². The smallest absolute Gasteiger partial charge is 0.0420 e. The highest BCUT2D eigenvalue weighted by atomic mass is 79.9. The number of hydrogen-bond donors (Lipinski definition) is 1. The van der Waals surface area contributed by atoms with Crippen LogP contribution in [0.3, 0.4) is 0 Å². The van der Waals surface area contributed by atoms with Gasteiger partial charge in [-0.2, -0.15) is 0 Å². The summed E-state index contributed by atoms with van der Waals surface area (Å²) in [6.45, 7) is 0. The summed E-state index contributed by atoms with van der Waals surface area (Å²) in [5.74, 6) is 0.384. The van der Waals surface area contributed by atoms with E-state index in [0.29, 0.717) is 5.92 Å². The third-order valence-corrected chi connectivity index (χ3v) is 3.97. The first-order valence-corrected chi connectivity index (χ1v) is 7.14. The Balaban J connectivity index is 2.03. The maximum Gasteiger partial charge on any atom is 0.0420 e. The summed E-state index contributed by atoms with van der Waals surface area (Å²) in [5, 5.41) is 0. The van der Waals surface area contributed by atoms with Crippen LogP contribution in [0.25, 0.3) is 6.08 Å². The second kappa shape index (κ2) is 6.11. The van der Waals surface area contributed by atoms with Crippen LogP contribution in [0.4, 0.5) is 5.69 Å². The third-order valence-electron chi connectivity index (χ3n) is 3.18. The highest BCUT2D eigenvalue weighted by Crippen LogP contribution is 2.25. The van der Waals surface area contributed by atoms with Gasteiger partial charge in [0.1, 0.15) is 0 Å². The van der Waals surface area contributed by atoms with E-state index >= 15 is 0 Å². The zero-order valence-corrected chi connectivity index (χ0v) is 12.9. The number of benzene rings is 1. The molecule has 2 nitrogen and oxygen atoms in total. The average molecular weight is 319 g/mol. The molecule has 0 fully saturated rings. The molecule has 0 saturated carbocycles.